The Morgan fingerprint density at radius 3 is 1.81 bits per heavy atom. The Morgan fingerprint density at radius 2 is 1.33 bits per heavy atom. The molecule has 27 heavy (non-hydrogen) atoms. The average Bonchev–Trinajstić information content (AvgIpc) is 2.64. The summed E-state index contributed by atoms with van der Waals surface area (Å²) in [5.41, 5.74) is 11.0. The number of halogens is 2. The largest absolute Gasteiger partial charge is 0.378 e. The number of hydrogen-bond acceptors (Lipinski definition) is 2. The van der Waals surface area contributed by atoms with Crippen molar-refractivity contribution in [3.05, 3.63) is 101 Å². The van der Waals surface area contributed by atoms with Gasteiger partial charge in [-0.1, -0.05) is 42.1 Å². The predicted molar refractivity (Wildman–Crippen MR) is 109 cm³/mol. The van der Waals surface area contributed by atoms with E-state index in [0.717, 1.165) is 22.4 Å². The lowest BCUT2D eigenvalue weighted by atomic mass is 10.0. The smallest absolute Gasteiger partial charge is 0.160 e. The first-order valence-corrected chi connectivity index (χ1v) is 9.39. The van der Waals surface area contributed by atoms with Gasteiger partial charge in [-0.05, 0) is 72.5 Å². The van der Waals surface area contributed by atoms with Crippen LogP contribution in [0.15, 0.2) is 71.7 Å². The van der Waals surface area contributed by atoms with Crippen LogP contribution in [0.2, 0.25) is 0 Å². The summed E-state index contributed by atoms with van der Waals surface area (Å²) in [4.78, 5) is 4.50. The first-order chi connectivity index (χ1) is 12.9. The summed E-state index contributed by atoms with van der Waals surface area (Å²) in [6.07, 6.45) is 0. The van der Waals surface area contributed by atoms with Crippen molar-refractivity contribution in [2.45, 2.75) is 19.1 Å². The molecule has 0 unspecified atom stereocenters. The Morgan fingerprint density at radius 1 is 0.815 bits per heavy atom. The van der Waals surface area contributed by atoms with E-state index in [1.165, 1.54) is 41.6 Å². The fraction of sp³-hybridized carbons (Fsp3) is 0.136. The molecule has 0 amide bonds. The van der Waals surface area contributed by atoms with Gasteiger partial charge < -0.3 is 5.73 Å². The maximum Gasteiger partial charge on any atom is 0.160 e. The van der Waals surface area contributed by atoms with Gasteiger partial charge in [0.25, 0.3) is 0 Å². The highest BCUT2D eigenvalue weighted by Gasteiger charge is 2.17. The van der Waals surface area contributed by atoms with Crippen molar-refractivity contribution < 1.29 is 8.78 Å². The molecule has 0 fully saturated rings. The molecule has 5 heteroatoms. The third kappa shape index (κ3) is 4.95. The van der Waals surface area contributed by atoms with E-state index in [0.29, 0.717) is 5.17 Å². The zero-order valence-electron chi connectivity index (χ0n) is 15.1. The summed E-state index contributed by atoms with van der Waals surface area (Å²) < 4.78 is 26.6. The Balaban J connectivity index is 1.92. The van der Waals surface area contributed by atoms with Gasteiger partial charge in [0.05, 0.1) is 10.9 Å². The zero-order valence-corrected chi connectivity index (χ0v) is 15.9. The second-order valence-electron chi connectivity index (χ2n) is 6.32. The van der Waals surface area contributed by atoms with Crippen LogP contribution in [0.1, 0.15) is 27.5 Å². The molecule has 3 aromatic rings. The van der Waals surface area contributed by atoms with E-state index in [1.54, 1.807) is 24.3 Å². The Hall–Kier alpha value is -2.66. The van der Waals surface area contributed by atoms with Crippen LogP contribution in [0.4, 0.5) is 14.5 Å². The Bertz CT molecular complexity index is 906. The standard InChI is InChI=1S/C22H20F2N2S/c1-14-3-12-20(13-15(14)2)26-22(25)27-21(16-4-8-18(23)9-5-16)17-6-10-19(24)11-7-17/h3-13,21H,1-2H3,(H2,25,26). The molecule has 0 aliphatic heterocycles. The molecule has 0 saturated carbocycles. The molecule has 2 nitrogen and oxygen atoms in total. The van der Waals surface area contributed by atoms with E-state index in [-0.39, 0.29) is 16.9 Å². The SMILES string of the molecule is Cc1ccc(N=C(N)SC(c2ccc(F)cc2)c2ccc(F)cc2)cc1C. The molecule has 3 rings (SSSR count). The molecular weight excluding hydrogens is 362 g/mol. The van der Waals surface area contributed by atoms with E-state index in [2.05, 4.69) is 4.99 Å². The molecule has 0 radical (unpaired) electrons. The van der Waals surface area contributed by atoms with Crippen LogP contribution in [0.3, 0.4) is 0 Å². The van der Waals surface area contributed by atoms with Gasteiger partial charge in [-0.15, -0.1) is 0 Å². The van der Waals surface area contributed by atoms with Crippen molar-refractivity contribution in [3.63, 3.8) is 0 Å². The maximum atomic E-state index is 13.3. The summed E-state index contributed by atoms with van der Waals surface area (Å²) >= 11 is 1.35. The molecule has 3 aromatic carbocycles. The van der Waals surface area contributed by atoms with Crippen molar-refractivity contribution in [1.82, 2.24) is 0 Å². The summed E-state index contributed by atoms with van der Waals surface area (Å²) in [7, 11) is 0. The molecule has 0 saturated heterocycles. The second kappa shape index (κ2) is 8.35. The zero-order chi connectivity index (χ0) is 19.4. The number of aryl methyl sites for hydroxylation is 2. The van der Waals surface area contributed by atoms with Crippen molar-refractivity contribution in [2.75, 3.05) is 0 Å². The first-order valence-electron chi connectivity index (χ1n) is 8.51. The van der Waals surface area contributed by atoms with Crippen LogP contribution in [0.25, 0.3) is 0 Å². The van der Waals surface area contributed by atoms with Gasteiger partial charge in [-0.25, -0.2) is 13.8 Å². The minimum atomic E-state index is -0.307. The fourth-order valence-electron chi connectivity index (χ4n) is 2.67. The monoisotopic (exact) mass is 382 g/mol. The van der Waals surface area contributed by atoms with Gasteiger partial charge >= 0.3 is 0 Å². The van der Waals surface area contributed by atoms with E-state index in [4.69, 9.17) is 5.73 Å². The van der Waals surface area contributed by atoms with Gasteiger partial charge in [-0.2, -0.15) is 0 Å². The lowest BCUT2D eigenvalue weighted by Crippen LogP contribution is -2.10. The van der Waals surface area contributed by atoms with Crippen molar-refractivity contribution in [2.24, 2.45) is 10.7 Å². The Labute approximate surface area is 162 Å². The molecule has 0 heterocycles. The second-order valence-corrected chi connectivity index (χ2v) is 7.44. The van der Waals surface area contributed by atoms with E-state index >= 15 is 0 Å². The van der Waals surface area contributed by atoms with Crippen molar-refractivity contribution in [1.29, 1.82) is 0 Å². The van der Waals surface area contributed by atoms with Crippen LogP contribution in [-0.2, 0) is 0 Å². The molecule has 2 N–H and O–H groups in total. The average molecular weight is 382 g/mol. The fourth-order valence-corrected chi connectivity index (χ4v) is 3.66. The molecular formula is C22H20F2N2S. The first kappa shape index (κ1) is 19.1. The van der Waals surface area contributed by atoms with Crippen molar-refractivity contribution >= 4 is 22.6 Å². The van der Waals surface area contributed by atoms with E-state index in [9.17, 15) is 8.78 Å². The van der Waals surface area contributed by atoms with E-state index in [1.807, 2.05) is 32.0 Å². The van der Waals surface area contributed by atoms with E-state index < -0.39 is 0 Å². The van der Waals surface area contributed by atoms with Crippen molar-refractivity contribution in [3.8, 4) is 0 Å². The number of nitrogens with zero attached hydrogens (tertiary/aromatic N) is 1. The number of rotatable bonds is 4. The van der Waals surface area contributed by atoms with Gasteiger partial charge in [0.2, 0.25) is 0 Å². The minimum absolute atomic E-state index is 0.221. The molecule has 138 valence electrons. The molecule has 0 aliphatic carbocycles. The lowest BCUT2D eigenvalue weighted by molar-refractivity contribution is 0.626. The number of hydrogen-bond donors (Lipinski definition) is 1. The Kier molecular flexibility index (Phi) is 5.91. The lowest BCUT2D eigenvalue weighted by Gasteiger charge is -2.17. The molecule has 0 atom stereocenters. The summed E-state index contributed by atoms with van der Waals surface area (Å²) in [6.45, 7) is 4.07. The highest BCUT2D eigenvalue weighted by Crippen LogP contribution is 2.36. The van der Waals surface area contributed by atoms with Gasteiger partial charge in [0, 0.05) is 0 Å². The number of amidine groups is 1. The quantitative estimate of drug-likeness (QED) is 0.440. The van der Waals surface area contributed by atoms with Crippen LogP contribution >= 0.6 is 11.8 Å². The number of benzene rings is 3. The topological polar surface area (TPSA) is 38.4 Å². The third-order valence-corrected chi connectivity index (χ3v) is 5.43. The highest BCUT2D eigenvalue weighted by molar-refractivity contribution is 8.14. The van der Waals surface area contributed by atoms with Crippen LogP contribution in [0.5, 0.6) is 0 Å². The molecule has 0 spiro atoms. The third-order valence-electron chi connectivity index (χ3n) is 4.31. The maximum absolute atomic E-state index is 13.3. The normalized spacial score (nSPS) is 11.8. The predicted octanol–water partition coefficient (Wildman–Crippen LogP) is 6.05. The van der Waals surface area contributed by atoms with Gasteiger partial charge in [0.15, 0.2) is 5.17 Å². The molecule has 0 aliphatic rings. The van der Waals surface area contributed by atoms with Crippen LogP contribution in [-0.4, -0.2) is 5.17 Å². The summed E-state index contributed by atoms with van der Waals surface area (Å²) in [6, 6.07) is 18.4. The van der Waals surface area contributed by atoms with Gasteiger partial charge in [-0.3, -0.25) is 0 Å². The number of aliphatic imine (C=N–C) groups is 1. The molecule has 0 bridgehead atoms. The van der Waals surface area contributed by atoms with Crippen LogP contribution in [0, 0.1) is 25.5 Å². The summed E-state index contributed by atoms with van der Waals surface area (Å²) in [5.74, 6) is -0.614. The minimum Gasteiger partial charge on any atom is -0.378 e. The van der Waals surface area contributed by atoms with Crippen LogP contribution < -0.4 is 5.73 Å². The summed E-state index contributed by atoms with van der Waals surface area (Å²) in [5, 5.41) is 0.165. The van der Waals surface area contributed by atoms with Gasteiger partial charge in [0.1, 0.15) is 11.6 Å². The molecule has 0 aromatic heterocycles. The number of nitrogens with two attached hydrogens (primary N) is 1. The highest BCUT2D eigenvalue weighted by atomic mass is 32.2. The number of thioether (sulfide) groups is 1.